The maximum Gasteiger partial charge on any atom is 0.138 e. The fraction of sp³-hybridized carbons (Fsp3) is 0.364. The molecule has 2 unspecified atom stereocenters. The highest BCUT2D eigenvalue weighted by Gasteiger charge is 2.21. The number of fused-ring (bicyclic) bond motifs is 1. The number of carbonyl (C=O) groups is 1. The van der Waals surface area contributed by atoms with E-state index in [1.54, 1.807) is 0 Å². The third-order valence-corrected chi connectivity index (χ3v) is 3.24. The molecule has 0 aromatic heterocycles. The third kappa shape index (κ3) is 1.57. The van der Waals surface area contributed by atoms with Crippen molar-refractivity contribution in [1.29, 1.82) is 0 Å². The first-order valence-electron chi connectivity index (χ1n) is 4.58. The summed E-state index contributed by atoms with van der Waals surface area (Å²) < 4.78 is 5.48. The molecule has 2 atom stereocenters. The smallest absolute Gasteiger partial charge is 0.138 e. The van der Waals surface area contributed by atoms with E-state index in [1.807, 2.05) is 18.2 Å². The van der Waals surface area contributed by atoms with E-state index in [0.29, 0.717) is 5.92 Å². The number of halogens is 1. The van der Waals surface area contributed by atoms with Crippen molar-refractivity contribution < 1.29 is 9.53 Å². The maximum atomic E-state index is 10.6. The van der Waals surface area contributed by atoms with Crippen molar-refractivity contribution in [2.24, 2.45) is 0 Å². The molecule has 3 heteroatoms. The van der Waals surface area contributed by atoms with Gasteiger partial charge in [0.15, 0.2) is 0 Å². The van der Waals surface area contributed by atoms with Crippen LogP contribution in [-0.4, -0.2) is 12.9 Å². The molecule has 14 heavy (non-hydrogen) atoms. The first-order chi connectivity index (χ1) is 6.72. The van der Waals surface area contributed by atoms with Gasteiger partial charge < -0.3 is 9.53 Å². The minimum absolute atomic E-state index is 0.208. The molecule has 1 aliphatic heterocycles. The molecule has 1 aromatic rings. The van der Waals surface area contributed by atoms with Crippen LogP contribution in [0.25, 0.3) is 0 Å². The minimum atomic E-state index is -0.208. The second-order valence-electron chi connectivity index (χ2n) is 3.55. The Bertz CT molecular complexity index is 362. The Morgan fingerprint density at radius 2 is 2.43 bits per heavy atom. The van der Waals surface area contributed by atoms with E-state index < -0.39 is 0 Å². The topological polar surface area (TPSA) is 26.3 Å². The first-order valence-corrected chi connectivity index (χ1v) is 5.50. The molecule has 2 rings (SSSR count). The Labute approximate surface area is 91.4 Å². The van der Waals surface area contributed by atoms with Crippen LogP contribution >= 0.6 is 15.9 Å². The van der Waals surface area contributed by atoms with E-state index in [0.717, 1.165) is 24.2 Å². The molecule has 0 spiro atoms. The molecule has 1 aliphatic rings. The molecule has 0 bridgehead atoms. The van der Waals surface area contributed by atoms with Crippen LogP contribution in [-0.2, 0) is 4.79 Å². The Morgan fingerprint density at radius 1 is 1.64 bits per heavy atom. The van der Waals surface area contributed by atoms with Crippen molar-refractivity contribution in [1.82, 2.24) is 0 Å². The largest absolute Gasteiger partial charge is 0.493 e. The van der Waals surface area contributed by atoms with Crippen LogP contribution in [0.4, 0.5) is 0 Å². The molecular formula is C11H11BrO2. The van der Waals surface area contributed by atoms with Crippen molar-refractivity contribution in [3.8, 4) is 5.75 Å². The molecule has 0 amide bonds. The average molecular weight is 255 g/mol. The van der Waals surface area contributed by atoms with Crippen molar-refractivity contribution in [2.75, 3.05) is 6.61 Å². The lowest BCUT2D eigenvalue weighted by molar-refractivity contribution is -0.107. The van der Waals surface area contributed by atoms with Crippen LogP contribution in [0.3, 0.4) is 0 Å². The van der Waals surface area contributed by atoms with Gasteiger partial charge in [0.25, 0.3) is 0 Å². The zero-order valence-corrected chi connectivity index (χ0v) is 9.45. The van der Waals surface area contributed by atoms with Crippen LogP contribution in [0.5, 0.6) is 5.75 Å². The van der Waals surface area contributed by atoms with Crippen molar-refractivity contribution >= 4 is 22.2 Å². The lowest BCUT2D eigenvalue weighted by Crippen LogP contribution is -1.95. The number of ether oxygens (including phenoxy) is 1. The van der Waals surface area contributed by atoms with Crippen LogP contribution in [0.15, 0.2) is 18.2 Å². The number of carbonyl (C=O) groups excluding carboxylic acids is 1. The van der Waals surface area contributed by atoms with Crippen molar-refractivity contribution in [3.05, 3.63) is 29.3 Å². The molecule has 0 saturated heterocycles. The quantitative estimate of drug-likeness (QED) is 0.600. The highest BCUT2D eigenvalue weighted by Crippen LogP contribution is 2.36. The summed E-state index contributed by atoms with van der Waals surface area (Å²) in [6.45, 7) is 2.87. The summed E-state index contributed by atoms with van der Waals surface area (Å²) in [5, 5.41) is 0. The molecule has 0 aliphatic carbocycles. The summed E-state index contributed by atoms with van der Waals surface area (Å²) in [7, 11) is 0. The fourth-order valence-corrected chi connectivity index (χ4v) is 1.92. The van der Waals surface area contributed by atoms with Gasteiger partial charge in [0.2, 0.25) is 0 Å². The zero-order valence-electron chi connectivity index (χ0n) is 7.87. The summed E-state index contributed by atoms with van der Waals surface area (Å²) in [6.07, 6.45) is 0.891. The first kappa shape index (κ1) is 9.71. The normalized spacial score (nSPS) is 21.1. The zero-order chi connectivity index (χ0) is 10.1. The highest BCUT2D eigenvalue weighted by atomic mass is 79.9. The predicted octanol–water partition coefficient (Wildman–Crippen LogP) is 2.82. The molecular weight excluding hydrogens is 244 g/mol. The number of hydrogen-bond acceptors (Lipinski definition) is 2. The Morgan fingerprint density at radius 3 is 3.14 bits per heavy atom. The van der Waals surface area contributed by atoms with Gasteiger partial charge in [-0.15, -0.1) is 0 Å². The molecule has 0 saturated carbocycles. The number of hydrogen-bond donors (Lipinski definition) is 0. The number of rotatable bonds is 2. The second kappa shape index (κ2) is 3.73. The SMILES string of the molecule is CC1COc2ccc(C(Br)C=O)cc21. The fourth-order valence-electron chi connectivity index (χ4n) is 1.64. The van der Waals surface area contributed by atoms with Gasteiger partial charge in [-0.05, 0) is 11.6 Å². The van der Waals surface area contributed by atoms with E-state index >= 15 is 0 Å². The summed E-state index contributed by atoms with van der Waals surface area (Å²) in [6, 6.07) is 5.90. The molecule has 1 aromatic carbocycles. The van der Waals surface area contributed by atoms with E-state index in [4.69, 9.17) is 4.74 Å². The Hall–Kier alpha value is -0.830. The highest BCUT2D eigenvalue weighted by molar-refractivity contribution is 9.09. The van der Waals surface area contributed by atoms with E-state index in [9.17, 15) is 4.79 Å². The van der Waals surface area contributed by atoms with Gasteiger partial charge in [-0.3, -0.25) is 0 Å². The monoisotopic (exact) mass is 254 g/mol. The van der Waals surface area contributed by atoms with Gasteiger partial charge in [-0.25, -0.2) is 0 Å². The minimum Gasteiger partial charge on any atom is -0.493 e. The molecule has 74 valence electrons. The Balaban J connectivity index is 2.39. The number of alkyl halides is 1. The van der Waals surface area contributed by atoms with Crippen LogP contribution in [0.2, 0.25) is 0 Å². The maximum absolute atomic E-state index is 10.6. The second-order valence-corrected chi connectivity index (χ2v) is 4.53. The molecule has 0 fully saturated rings. The van der Waals surface area contributed by atoms with Gasteiger partial charge in [-0.2, -0.15) is 0 Å². The van der Waals surface area contributed by atoms with E-state index in [1.165, 1.54) is 5.56 Å². The average Bonchev–Trinajstić information content (AvgIpc) is 2.59. The molecule has 0 radical (unpaired) electrons. The lowest BCUT2D eigenvalue weighted by Gasteiger charge is -2.06. The predicted molar refractivity (Wildman–Crippen MR) is 58.1 cm³/mol. The van der Waals surface area contributed by atoms with Gasteiger partial charge in [0, 0.05) is 11.5 Å². The molecule has 2 nitrogen and oxygen atoms in total. The number of aldehydes is 1. The standard InChI is InChI=1S/C11H11BrO2/c1-7-6-14-11-3-2-8(4-9(7)11)10(12)5-13/h2-5,7,10H,6H2,1H3. The van der Waals surface area contributed by atoms with Gasteiger partial charge >= 0.3 is 0 Å². The molecule has 1 heterocycles. The lowest BCUT2D eigenvalue weighted by atomic mass is 10.00. The van der Waals surface area contributed by atoms with Crippen molar-refractivity contribution in [3.63, 3.8) is 0 Å². The van der Waals surface area contributed by atoms with Crippen LogP contribution in [0.1, 0.15) is 28.8 Å². The summed E-state index contributed by atoms with van der Waals surface area (Å²) >= 11 is 3.30. The summed E-state index contributed by atoms with van der Waals surface area (Å²) in [4.78, 5) is 10.4. The third-order valence-electron chi connectivity index (χ3n) is 2.49. The van der Waals surface area contributed by atoms with Gasteiger partial charge in [0.1, 0.15) is 12.0 Å². The van der Waals surface area contributed by atoms with E-state index in [-0.39, 0.29) is 4.83 Å². The summed E-state index contributed by atoms with van der Waals surface area (Å²) in [5.74, 6) is 1.38. The number of benzene rings is 1. The Kier molecular flexibility index (Phi) is 2.59. The van der Waals surface area contributed by atoms with Crippen LogP contribution in [0, 0.1) is 0 Å². The van der Waals surface area contributed by atoms with Gasteiger partial charge in [-0.1, -0.05) is 35.0 Å². The van der Waals surface area contributed by atoms with Crippen molar-refractivity contribution in [2.45, 2.75) is 17.7 Å². The van der Waals surface area contributed by atoms with Crippen LogP contribution < -0.4 is 4.74 Å². The summed E-state index contributed by atoms with van der Waals surface area (Å²) in [5.41, 5.74) is 2.20. The molecule has 0 N–H and O–H groups in total. The van der Waals surface area contributed by atoms with E-state index in [2.05, 4.69) is 22.9 Å². The van der Waals surface area contributed by atoms with Gasteiger partial charge in [0.05, 0.1) is 11.4 Å².